The fourth-order valence-electron chi connectivity index (χ4n) is 2.88. The zero-order chi connectivity index (χ0) is 11.9. The standard InChI is InChI=1S/C15H26N2/c1-2-3-4-5-6-7-10-17-14-13-16-11-8-15(17)9-12-16/h15H,2-5,8-14H2,1H3. The molecule has 0 aliphatic carbocycles. The van der Waals surface area contributed by atoms with Crippen molar-refractivity contribution in [2.75, 3.05) is 32.7 Å². The molecule has 0 saturated carbocycles. The molecule has 3 fully saturated rings. The molecular weight excluding hydrogens is 208 g/mol. The fourth-order valence-corrected chi connectivity index (χ4v) is 2.88. The second kappa shape index (κ2) is 7.03. The van der Waals surface area contributed by atoms with Gasteiger partial charge < -0.3 is 4.90 Å². The second-order valence-corrected chi connectivity index (χ2v) is 5.35. The largest absolute Gasteiger partial charge is 0.302 e. The van der Waals surface area contributed by atoms with Gasteiger partial charge in [0.15, 0.2) is 0 Å². The van der Waals surface area contributed by atoms with E-state index in [4.69, 9.17) is 0 Å². The summed E-state index contributed by atoms with van der Waals surface area (Å²) in [5, 5.41) is 0. The third-order valence-corrected chi connectivity index (χ3v) is 4.09. The van der Waals surface area contributed by atoms with E-state index in [1.54, 1.807) is 0 Å². The molecule has 17 heavy (non-hydrogen) atoms. The van der Waals surface area contributed by atoms with Gasteiger partial charge >= 0.3 is 0 Å². The molecule has 3 saturated heterocycles. The summed E-state index contributed by atoms with van der Waals surface area (Å²) >= 11 is 0. The van der Waals surface area contributed by atoms with Crippen LogP contribution in [0.2, 0.25) is 0 Å². The van der Waals surface area contributed by atoms with Gasteiger partial charge in [0, 0.05) is 25.6 Å². The van der Waals surface area contributed by atoms with Crippen molar-refractivity contribution in [1.82, 2.24) is 9.80 Å². The average Bonchev–Trinajstić information content (AvgIpc) is 2.67. The van der Waals surface area contributed by atoms with Crippen LogP contribution in [-0.2, 0) is 0 Å². The maximum absolute atomic E-state index is 3.38. The molecule has 0 aromatic carbocycles. The zero-order valence-electron chi connectivity index (χ0n) is 11.2. The Morgan fingerprint density at radius 1 is 1.00 bits per heavy atom. The number of nitrogens with zero attached hydrogens (tertiary/aromatic N) is 2. The predicted octanol–water partition coefficient (Wildman–Crippen LogP) is 2.35. The molecule has 0 amide bonds. The Balaban J connectivity index is 1.71. The molecule has 2 nitrogen and oxygen atoms in total. The highest BCUT2D eigenvalue weighted by molar-refractivity contribution is 5.02. The Morgan fingerprint density at radius 2 is 1.82 bits per heavy atom. The highest BCUT2D eigenvalue weighted by Crippen LogP contribution is 2.19. The lowest BCUT2D eigenvalue weighted by Crippen LogP contribution is -2.38. The summed E-state index contributed by atoms with van der Waals surface area (Å²) in [4.78, 5) is 5.21. The van der Waals surface area contributed by atoms with E-state index < -0.39 is 0 Å². The van der Waals surface area contributed by atoms with Crippen LogP contribution in [0.3, 0.4) is 0 Å². The van der Waals surface area contributed by atoms with Crippen LogP contribution in [-0.4, -0.2) is 48.6 Å². The third-order valence-electron chi connectivity index (χ3n) is 4.09. The van der Waals surface area contributed by atoms with Gasteiger partial charge in [-0.1, -0.05) is 25.7 Å². The lowest BCUT2D eigenvalue weighted by atomic mass is 10.1. The molecule has 2 bridgehead atoms. The van der Waals surface area contributed by atoms with Crippen LogP contribution >= 0.6 is 0 Å². The Kier molecular flexibility index (Phi) is 5.35. The van der Waals surface area contributed by atoms with E-state index in [0.717, 1.165) is 19.0 Å². The molecule has 3 heterocycles. The van der Waals surface area contributed by atoms with Crippen LogP contribution in [0, 0.1) is 11.8 Å². The van der Waals surface area contributed by atoms with Crippen molar-refractivity contribution in [3.8, 4) is 11.8 Å². The number of rotatable bonds is 4. The molecule has 3 aliphatic rings. The van der Waals surface area contributed by atoms with Crippen molar-refractivity contribution in [2.24, 2.45) is 0 Å². The Bertz CT molecular complexity index is 268. The van der Waals surface area contributed by atoms with Crippen LogP contribution < -0.4 is 0 Å². The first kappa shape index (κ1) is 12.9. The van der Waals surface area contributed by atoms with Crippen LogP contribution in [0.25, 0.3) is 0 Å². The van der Waals surface area contributed by atoms with E-state index in [2.05, 4.69) is 28.6 Å². The molecule has 0 N–H and O–H groups in total. The molecule has 0 atom stereocenters. The summed E-state index contributed by atoms with van der Waals surface area (Å²) in [7, 11) is 0. The molecule has 2 heteroatoms. The van der Waals surface area contributed by atoms with Gasteiger partial charge in [-0.05, 0) is 32.4 Å². The number of piperidine rings is 1. The van der Waals surface area contributed by atoms with Crippen molar-refractivity contribution in [3.63, 3.8) is 0 Å². The van der Waals surface area contributed by atoms with Crippen molar-refractivity contribution in [2.45, 2.75) is 51.5 Å². The van der Waals surface area contributed by atoms with Gasteiger partial charge in [0.25, 0.3) is 0 Å². The highest BCUT2D eigenvalue weighted by Gasteiger charge is 2.27. The molecule has 3 rings (SSSR count). The monoisotopic (exact) mass is 234 g/mol. The van der Waals surface area contributed by atoms with E-state index >= 15 is 0 Å². The van der Waals surface area contributed by atoms with Gasteiger partial charge in [0.05, 0.1) is 6.54 Å². The molecule has 0 radical (unpaired) electrons. The van der Waals surface area contributed by atoms with Gasteiger partial charge in [-0.2, -0.15) is 0 Å². The smallest absolute Gasteiger partial charge is 0.0604 e. The molecule has 0 aromatic rings. The number of hydrogen-bond donors (Lipinski definition) is 0. The highest BCUT2D eigenvalue weighted by atomic mass is 15.3. The first-order valence-electron chi connectivity index (χ1n) is 7.32. The van der Waals surface area contributed by atoms with Crippen LogP contribution in [0.5, 0.6) is 0 Å². The lowest BCUT2D eigenvalue weighted by molar-refractivity contribution is 0.198. The maximum Gasteiger partial charge on any atom is 0.0604 e. The van der Waals surface area contributed by atoms with Gasteiger partial charge in [-0.15, -0.1) is 5.92 Å². The summed E-state index contributed by atoms with van der Waals surface area (Å²) in [6.45, 7) is 8.36. The second-order valence-electron chi connectivity index (χ2n) is 5.35. The minimum absolute atomic E-state index is 0.818. The summed E-state index contributed by atoms with van der Waals surface area (Å²) in [5.41, 5.74) is 0. The van der Waals surface area contributed by atoms with Gasteiger partial charge in [0.2, 0.25) is 0 Å². The zero-order valence-corrected chi connectivity index (χ0v) is 11.2. The van der Waals surface area contributed by atoms with E-state index in [-0.39, 0.29) is 0 Å². The number of unbranched alkanes of at least 4 members (excludes halogenated alkanes) is 3. The van der Waals surface area contributed by atoms with Crippen molar-refractivity contribution < 1.29 is 0 Å². The van der Waals surface area contributed by atoms with Crippen molar-refractivity contribution in [1.29, 1.82) is 0 Å². The summed E-state index contributed by atoms with van der Waals surface area (Å²) in [6.07, 6.45) is 7.72. The molecule has 0 spiro atoms. The van der Waals surface area contributed by atoms with E-state index in [1.165, 1.54) is 58.3 Å². The van der Waals surface area contributed by atoms with E-state index in [0.29, 0.717) is 0 Å². The molecule has 0 unspecified atom stereocenters. The minimum atomic E-state index is 0.818. The summed E-state index contributed by atoms with van der Waals surface area (Å²) in [5.74, 6) is 6.72. The number of hydrogen-bond acceptors (Lipinski definition) is 2. The Labute approximate surface area is 106 Å². The van der Waals surface area contributed by atoms with Gasteiger partial charge in [-0.25, -0.2) is 0 Å². The normalized spacial score (nSPS) is 28.5. The topological polar surface area (TPSA) is 6.48 Å². The molecule has 3 aliphatic heterocycles. The Morgan fingerprint density at radius 3 is 2.59 bits per heavy atom. The quantitative estimate of drug-likeness (QED) is 0.544. The third kappa shape index (κ3) is 4.01. The SMILES string of the molecule is CCCCCC#CCN1CCN2CCC1CC2. The predicted molar refractivity (Wildman–Crippen MR) is 73.0 cm³/mol. The first-order valence-corrected chi connectivity index (χ1v) is 7.32. The van der Waals surface area contributed by atoms with Crippen molar-refractivity contribution in [3.05, 3.63) is 0 Å². The lowest BCUT2D eigenvalue weighted by Gasteiger charge is -2.30. The Hall–Kier alpha value is -0.520. The molecular formula is C15H26N2. The minimum Gasteiger partial charge on any atom is -0.302 e. The van der Waals surface area contributed by atoms with E-state index in [9.17, 15) is 0 Å². The van der Waals surface area contributed by atoms with Crippen molar-refractivity contribution >= 4 is 0 Å². The maximum atomic E-state index is 3.38. The fraction of sp³-hybridized carbons (Fsp3) is 0.867. The number of fused-ring (bicyclic) bond motifs is 4. The van der Waals surface area contributed by atoms with E-state index in [1.807, 2.05) is 0 Å². The molecule has 0 aromatic heterocycles. The van der Waals surface area contributed by atoms with Gasteiger partial charge in [-0.3, -0.25) is 4.90 Å². The van der Waals surface area contributed by atoms with Crippen LogP contribution in [0.4, 0.5) is 0 Å². The van der Waals surface area contributed by atoms with Gasteiger partial charge in [0.1, 0.15) is 0 Å². The van der Waals surface area contributed by atoms with Crippen LogP contribution in [0.15, 0.2) is 0 Å². The first-order chi connectivity index (χ1) is 8.40. The average molecular weight is 234 g/mol. The molecule has 96 valence electrons. The summed E-state index contributed by atoms with van der Waals surface area (Å²) in [6, 6.07) is 0.818. The van der Waals surface area contributed by atoms with Crippen LogP contribution in [0.1, 0.15) is 45.4 Å². The summed E-state index contributed by atoms with van der Waals surface area (Å²) < 4.78 is 0.